The summed E-state index contributed by atoms with van der Waals surface area (Å²) in [6.45, 7) is 11.1. The second kappa shape index (κ2) is 4.17. The lowest BCUT2D eigenvalue weighted by Crippen LogP contribution is -1.99. The number of nitrogens with zero attached hydrogens (tertiary/aromatic N) is 2. The summed E-state index contributed by atoms with van der Waals surface area (Å²) in [7, 11) is 2.11. The fourth-order valence-corrected chi connectivity index (χ4v) is 2.57. The SMILES string of the molecule is Cc1c(C(C)C)ccc2c1nc(C(C)C)n2C. The molecule has 0 atom stereocenters. The van der Waals surface area contributed by atoms with Gasteiger partial charge in [0.25, 0.3) is 0 Å². The van der Waals surface area contributed by atoms with Crippen molar-refractivity contribution in [2.24, 2.45) is 7.05 Å². The highest BCUT2D eigenvalue weighted by atomic mass is 15.1. The van der Waals surface area contributed by atoms with E-state index < -0.39 is 0 Å². The number of fused-ring (bicyclic) bond motifs is 1. The molecule has 0 saturated carbocycles. The molecule has 17 heavy (non-hydrogen) atoms. The lowest BCUT2D eigenvalue weighted by atomic mass is 9.97. The first-order valence-corrected chi connectivity index (χ1v) is 6.39. The van der Waals surface area contributed by atoms with Crippen molar-refractivity contribution in [3.63, 3.8) is 0 Å². The zero-order valence-corrected chi connectivity index (χ0v) is 11.7. The maximum atomic E-state index is 4.82. The van der Waals surface area contributed by atoms with Crippen molar-refractivity contribution in [2.45, 2.75) is 46.5 Å². The molecule has 2 nitrogen and oxygen atoms in total. The summed E-state index contributed by atoms with van der Waals surface area (Å²) in [4.78, 5) is 4.82. The molecule has 0 saturated heterocycles. The van der Waals surface area contributed by atoms with Gasteiger partial charge in [-0.1, -0.05) is 33.8 Å². The zero-order valence-electron chi connectivity index (χ0n) is 11.7. The number of imidazole rings is 1. The zero-order chi connectivity index (χ0) is 12.7. The molecule has 1 heterocycles. The topological polar surface area (TPSA) is 17.8 Å². The van der Waals surface area contributed by atoms with Crippen LogP contribution in [0.2, 0.25) is 0 Å². The van der Waals surface area contributed by atoms with E-state index in [1.807, 2.05) is 0 Å². The highest BCUT2D eigenvalue weighted by Gasteiger charge is 2.15. The van der Waals surface area contributed by atoms with Gasteiger partial charge < -0.3 is 4.57 Å². The van der Waals surface area contributed by atoms with Crippen LogP contribution in [0.3, 0.4) is 0 Å². The Kier molecular flexibility index (Phi) is 2.98. The molecule has 2 heteroatoms. The Labute approximate surface area is 104 Å². The van der Waals surface area contributed by atoms with Gasteiger partial charge in [0.05, 0.1) is 11.0 Å². The molecule has 92 valence electrons. The van der Waals surface area contributed by atoms with Crippen LogP contribution < -0.4 is 0 Å². The van der Waals surface area contributed by atoms with Gasteiger partial charge in [-0.3, -0.25) is 0 Å². The molecule has 0 fully saturated rings. The van der Waals surface area contributed by atoms with Crippen molar-refractivity contribution in [1.29, 1.82) is 0 Å². The van der Waals surface area contributed by atoms with Gasteiger partial charge in [-0.2, -0.15) is 0 Å². The summed E-state index contributed by atoms with van der Waals surface area (Å²) in [5.41, 5.74) is 5.16. The summed E-state index contributed by atoms with van der Waals surface area (Å²) in [5.74, 6) is 2.20. The van der Waals surface area contributed by atoms with Crippen LogP contribution in [-0.2, 0) is 7.05 Å². The minimum atomic E-state index is 0.467. The maximum Gasteiger partial charge on any atom is 0.112 e. The van der Waals surface area contributed by atoms with Crippen molar-refractivity contribution >= 4 is 11.0 Å². The predicted octanol–water partition coefficient (Wildman–Crippen LogP) is 4.13. The van der Waals surface area contributed by atoms with E-state index in [1.54, 1.807) is 0 Å². The first kappa shape index (κ1) is 12.2. The van der Waals surface area contributed by atoms with Crippen LogP contribution in [-0.4, -0.2) is 9.55 Å². The highest BCUT2D eigenvalue weighted by molar-refractivity contribution is 5.81. The van der Waals surface area contributed by atoms with Crippen LogP contribution in [0.5, 0.6) is 0 Å². The molecule has 0 radical (unpaired) electrons. The molecular weight excluding hydrogens is 208 g/mol. The van der Waals surface area contributed by atoms with Crippen molar-refractivity contribution in [3.8, 4) is 0 Å². The van der Waals surface area contributed by atoms with E-state index in [0.717, 1.165) is 0 Å². The average molecular weight is 230 g/mol. The Bertz CT molecular complexity index is 548. The largest absolute Gasteiger partial charge is 0.331 e. The molecule has 0 bridgehead atoms. The van der Waals surface area contributed by atoms with E-state index in [0.29, 0.717) is 11.8 Å². The third-order valence-electron chi connectivity index (χ3n) is 3.52. The fraction of sp³-hybridized carbons (Fsp3) is 0.533. The second-order valence-electron chi connectivity index (χ2n) is 5.49. The molecule has 0 aliphatic heterocycles. The lowest BCUT2D eigenvalue weighted by molar-refractivity contribution is 0.722. The lowest BCUT2D eigenvalue weighted by Gasteiger charge is -2.09. The number of aryl methyl sites for hydroxylation is 2. The molecule has 0 N–H and O–H groups in total. The molecule has 0 amide bonds. The summed E-state index contributed by atoms with van der Waals surface area (Å²) >= 11 is 0. The molecule has 0 aliphatic carbocycles. The molecule has 0 spiro atoms. The first-order valence-electron chi connectivity index (χ1n) is 6.39. The third-order valence-corrected chi connectivity index (χ3v) is 3.52. The van der Waals surface area contributed by atoms with Crippen molar-refractivity contribution in [3.05, 3.63) is 29.1 Å². The van der Waals surface area contributed by atoms with Crippen molar-refractivity contribution in [2.75, 3.05) is 0 Å². The fourth-order valence-electron chi connectivity index (χ4n) is 2.57. The number of benzene rings is 1. The van der Waals surface area contributed by atoms with E-state index in [9.17, 15) is 0 Å². The molecule has 0 unspecified atom stereocenters. The van der Waals surface area contributed by atoms with Crippen LogP contribution in [0.25, 0.3) is 11.0 Å². The van der Waals surface area contributed by atoms with E-state index in [1.165, 1.54) is 28.0 Å². The quantitative estimate of drug-likeness (QED) is 0.758. The normalized spacial score (nSPS) is 12.0. The Balaban J connectivity index is 2.75. The summed E-state index contributed by atoms with van der Waals surface area (Å²) in [6, 6.07) is 4.45. The maximum absolute atomic E-state index is 4.82. The summed E-state index contributed by atoms with van der Waals surface area (Å²) in [5, 5.41) is 0. The van der Waals surface area contributed by atoms with Crippen LogP contribution >= 0.6 is 0 Å². The van der Waals surface area contributed by atoms with E-state index in [-0.39, 0.29) is 0 Å². The average Bonchev–Trinajstić information content (AvgIpc) is 2.57. The van der Waals surface area contributed by atoms with Crippen LogP contribution in [0.4, 0.5) is 0 Å². The Morgan fingerprint density at radius 1 is 1.06 bits per heavy atom. The van der Waals surface area contributed by atoms with Crippen molar-refractivity contribution < 1.29 is 0 Å². The smallest absolute Gasteiger partial charge is 0.112 e. The number of aromatic nitrogens is 2. The van der Waals surface area contributed by atoms with Gasteiger partial charge in [-0.25, -0.2) is 4.98 Å². The summed E-state index contributed by atoms with van der Waals surface area (Å²) < 4.78 is 2.22. The monoisotopic (exact) mass is 230 g/mol. The van der Waals surface area contributed by atoms with Crippen LogP contribution in [0, 0.1) is 6.92 Å². The minimum Gasteiger partial charge on any atom is -0.331 e. The van der Waals surface area contributed by atoms with Gasteiger partial charge in [-0.15, -0.1) is 0 Å². The standard InChI is InChI=1S/C15H22N2/c1-9(2)12-7-8-13-14(11(12)5)16-15(10(3)4)17(13)6/h7-10H,1-6H3. The van der Waals surface area contributed by atoms with Crippen LogP contribution in [0.1, 0.15) is 56.5 Å². The molecule has 1 aromatic heterocycles. The van der Waals surface area contributed by atoms with E-state index >= 15 is 0 Å². The number of hydrogen-bond acceptors (Lipinski definition) is 1. The molecule has 0 aliphatic rings. The second-order valence-corrected chi connectivity index (χ2v) is 5.49. The van der Waals surface area contributed by atoms with Crippen LogP contribution in [0.15, 0.2) is 12.1 Å². The third kappa shape index (κ3) is 1.86. The first-order chi connectivity index (χ1) is 7.93. The number of hydrogen-bond donors (Lipinski definition) is 0. The van der Waals surface area contributed by atoms with Gasteiger partial charge in [-0.05, 0) is 30.0 Å². The van der Waals surface area contributed by atoms with Gasteiger partial charge in [0.1, 0.15) is 5.82 Å². The molecule has 1 aromatic carbocycles. The Hall–Kier alpha value is -1.31. The van der Waals surface area contributed by atoms with Gasteiger partial charge in [0, 0.05) is 13.0 Å². The summed E-state index contributed by atoms with van der Waals surface area (Å²) in [6.07, 6.45) is 0. The molecular formula is C15H22N2. The Morgan fingerprint density at radius 2 is 1.71 bits per heavy atom. The van der Waals surface area contributed by atoms with Crippen molar-refractivity contribution in [1.82, 2.24) is 9.55 Å². The molecule has 2 rings (SSSR count). The van der Waals surface area contributed by atoms with Gasteiger partial charge in [0.15, 0.2) is 0 Å². The minimum absolute atomic E-state index is 0.467. The van der Waals surface area contributed by atoms with E-state index in [4.69, 9.17) is 4.98 Å². The predicted molar refractivity (Wildman–Crippen MR) is 73.6 cm³/mol. The van der Waals surface area contributed by atoms with E-state index in [2.05, 4.69) is 58.4 Å². The van der Waals surface area contributed by atoms with Gasteiger partial charge in [0.2, 0.25) is 0 Å². The number of rotatable bonds is 2. The molecule has 2 aromatic rings. The highest BCUT2D eigenvalue weighted by Crippen LogP contribution is 2.28. The van der Waals surface area contributed by atoms with Gasteiger partial charge >= 0.3 is 0 Å². The Morgan fingerprint density at radius 3 is 2.24 bits per heavy atom.